The molecule has 0 saturated heterocycles. The average molecular weight is 365 g/mol. The number of carboxylic acid groups (broad SMARTS) is 1. The van der Waals surface area contributed by atoms with Gasteiger partial charge in [0.1, 0.15) is 21.4 Å². The van der Waals surface area contributed by atoms with Gasteiger partial charge in [0.05, 0.1) is 5.69 Å². The lowest BCUT2D eigenvalue weighted by Gasteiger charge is -2.10. The summed E-state index contributed by atoms with van der Waals surface area (Å²) in [5, 5.41) is 9.98. The van der Waals surface area contributed by atoms with Crippen molar-refractivity contribution >= 4 is 17.3 Å². The minimum absolute atomic E-state index is 0.307. The van der Waals surface area contributed by atoms with Crippen molar-refractivity contribution in [2.45, 2.75) is 19.8 Å². The summed E-state index contributed by atoms with van der Waals surface area (Å²) in [5.41, 5.74) is 2.57. The van der Waals surface area contributed by atoms with E-state index in [1.165, 1.54) is 11.3 Å². The van der Waals surface area contributed by atoms with Crippen molar-refractivity contribution in [3.8, 4) is 22.1 Å². The van der Waals surface area contributed by atoms with Crippen LogP contribution in [0.25, 0.3) is 10.6 Å². The van der Waals surface area contributed by atoms with Gasteiger partial charge in [-0.15, -0.1) is 17.9 Å². The number of carbonyl (C=O) groups is 1. The zero-order valence-electron chi connectivity index (χ0n) is 14.4. The van der Waals surface area contributed by atoms with E-state index in [-0.39, 0.29) is 0 Å². The number of aryl methyl sites for hydroxylation is 1. The van der Waals surface area contributed by atoms with Gasteiger partial charge >= 0.3 is 5.97 Å². The Bertz CT molecular complexity index is 929. The maximum absolute atomic E-state index is 11.3. The molecule has 0 fully saturated rings. The van der Waals surface area contributed by atoms with Crippen molar-refractivity contribution in [3.05, 3.63) is 77.3 Å². The summed E-state index contributed by atoms with van der Waals surface area (Å²) >= 11 is 1.20. The first-order valence-corrected chi connectivity index (χ1v) is 9.14. The molecule has 5 heteroatoms. The average Bonchev–Trinajstić information content (AvgIpc) is 3.09. The van der Waals surface area contributed by atoms with E-state index >= 15 is 0 Å². The van der Waals surface area contributed by atoms with Gasteiger partial charge in [-0.3, -0.25) is 0 Å². The fraction of sp³-hybridized carbons (Fsp3) is 0.143. The van der Waals surface area contributed by atoms with Crippen molar-refractivity contribution < 1.29 is 14.6 Å². The fourth-order valence-electron chi connectivity index (χ4n) is 2.60. The Labute approximate surface area is 156 Å². The van der Waals surface area contributed by atoms with Crippen LogP contribution in [-0.2, 0) is 12.8 Å². The molecule has 0 bridgehead atoms. The summed E-state index contributed by atoms with van der Waals surface area (Å²) in [6.07, 6.45) is 3.18. The molecule has 3 rings (SSSR count). The van der Waals surface area contributed by atoms with Crippen LogP contribution >= 0.6 is 11.3 Å². The number of hydrogen-bond donors (Lipinski definition) is 1. The molecule has 0 unspecified atom stereocenters. The van der Waals surface area contributed by atoms with Gasteiger partial charge in [-0.1, -0.05) is 31.2 Å². The van der Waals surface area contributed by atoms with Gasteiger partial charge in [-0.25, -0.2) is 9.78 Å². The lowest BCUT2D eigenvalue weighted by molar-refractivity contribution is 0.0701. The van der Waals surface area contributed by atoms with Crippen molar-refractivity contribution in [2.75, 3.05) is 0 Å². The van der Waals surface area contributed by atoms with Crippen LogP contribution in [0.4, 0.5) is 0 Å². The molecule has 1 aromatic heterocycles. The number of nitrogens with zero attached hydrogens (tertiary/aromatic N) is 1. The smallest absolute Gasteiger partial charge is 0.347 e. The Morgan fingerprint density at radius 2 is 1.96 bits per heavy atom. The lowest BCUT2D eigenvalue weighted by Crippen LogP contribution is -1.97. The van der Waals surface area contributed by atoms with Gasteiger partial charge in [0.25, 0.3) is 0 Å². The largest absolute Gasteiger partial charge is 0.477 e. The van der Waals surface area contributed by atoms with E-state index in [9.17, 15) is 9.90 Å². The van der Waals surface area contributed by atoms with E-state index < -0.39 is 5.97 Å². The Hall–Kier alpha value is -2.92. The van der Waals surface area contributed by atoms with Crippen LogP contribution in [0.15, 0.2) is 61.2 Å². The molecule has 3 aromatic rings. The second kappa shape index (κ2) is 7.97. The molecule has 0 aliphatic carbocycles. The second-order valence-electron chi connectivity index (χ2n) is 5.68. The van der Waals surface area contributed by atoms with Gasteiger partial charge in [0, 0.05) is 5.56 Å². The number of allylic oxidation sites excluding steroid dienone is 1. The summed E-state index contributed by atoms with van der Waals surface area (Å²) in [5.74, 6) is 0.594. The molecule has 0 saturated carbocycles. The first-order valence-electron chi connectivity index (χ1n) is 8.32. The van der Waals surface area contributed by atoms with Crippen LogP contribution in [0, 0.1) is 0 Å². The molecular formula is C21H19NO3S. The highest BCUT2D eigenvalue weighted by Crippen LogP contribution is 2.31. The van der Waals surface area contributed by atoms with Crippen molar-refractivity contribution in [1.29, 1.82) is 0 Å². The van der Waals surface area contributed by atoms with E-state index in [1.807, 2.05) is 61.5 Å². The third kappa shape index (κ3) is 3.83. The van der Waals surface area contributed by atoms with Crippen LogP contribution in [-0.4, -0.2) is 16.1 Å². The van der Waals surface area contributed by atoms with Gasteiger partial charge in [0.2, 0.25) is 0 Å². The molecule has 0 aliphatic rings. The highest BCUT2D eigenvalue weighted by atomic mass is 32.1. The molecule has 132 valence electrons. The minimum atomic E-state index is -0.927. The van der Waals surface area contributed by atoms with Gasteiger partial charge < -0.3 is 9.84 Å². The van der Waals surface area contributed by atoms with E-state index in [4.69, 9.17) is 4.74 Å². The lowest BCUT2D eigenvalue weighted by atomic mass is 10.1. The molecule has 0 atom stereocenters. The monoisotopic (exact) mass is 365 g/mol. The summed E-state index contributed by atoms with van der Waals surface area (Å²) in [6.45, 7) is 5.68. The number of aromatic carboxylic acids is 1. The molecule has 0 amide bonds. The molecule has 1 N–H and O–H groups in total. The summed E-state index contributed by atoms with van der Waals surface area (Å²) in [6, 6.07) is 15.4. The number of aromatic nitrogens is 1. The van der Waals surface area contributed by atoms with Crippen LogP contribution in [0.3, 0.4) is 0 Å². The molecular weight excluding hydrogens is 346 g/mol. The van der Waals surface area contributed by atoms with Gasteiger partial charge in [-0.05, 0) is 48.7 Å². The highest BCUT2D eigenvalue weighted by Gasteiger charge is 2.16. The van der Waals surface area contributed by atoms with Crippen LogP contribution < -0.4 is 4.74 Å². The first kappa shape index (κ1) is 17.9. The number of thiazole rings is 1. The summed E-state index contributed by atoms with van der Waals surface area (Å²) in [7, 11) is 0. The predicted molar refractivity (Wildman–Crippen MR) is 104 cm³/mol. The third-order valence-corrected chi connectivity index (χ3v) is 5.03. The standard InChI is InChI=1S/C21H19NO3S/c1-3-7-14-8-5-6-9-18(14)25-16-12-10-15(11-13-16)20-22-17(4-2)19(26-20)21(23)24/h3,5-6,8-13H,1,4,7H2,2H3,(H,23,24). The minimum Gasteiger partial charge on any atom is -0.477 e. The molecule has 4 nitrogen and oxygen atoms in total. The van der Waals surface area contributed by atoms with Gasteiger partial charge in [-0.2, -0.15) is 0 Å². The Kier molecular flexibility index (Phi) is 5.49. The summed E-state index contributed by atoms with van der Waals surface area (Å²) in [4.78, 5) is 16.1. The van der Waals surface area contributed by atoms with Crippen LogP contribution in [0.1, 0.15) is 27.9 Å². The Balaban J connectivity index is 1.83. The third-order valence-electron chi connectivity index (χ3n) is 3.89. The molecule has 0 aliphatic heterocycles. The topological polar surface area (TPSA) is 59.4 Å². The second-order valence-corrected chi connectivity index (χ2v) is 6.68. The Morgan fingerprint density at radius 1 is 1.23 bits per heavy atom. The van der Waals surface area contributed by atoms with E-state index in [2.05, 4.69) is 11.6 Å². The highest BCUT2D eigenvalue weighted by molar-refractivity contribution is 7.17. The maximum Gasteiger partial charge on any atom is 0.347 e. The number of para-hydroxylation sites is 1. The fourth-order valence-corrected chi connectivity index (χ4v) is 3.60. The van der Waals surface area contributed by atoms with Crippen LogP contribution in [0.5, 0.6) is 11.5 Å². The van der Waals surface area contributed by atoms with Crippen molar-refractivity contribution in [1.82, 2.24) is 4.98 Å². The zero-order valence-corrected chi connectivity index (χ0v) is 15.3. The van der Waals surface area contributed by atoms with E-state index in [0.717, 1.165) is 29.0 Å². The maximum atomic E-state index is 11.3. The molecule has 1 heterocycles. The summed E-state index contributed by atoms with van der Waals surface area (Å²) < 4.78 is 5.98. The Morgan fingerprint density at radius 3 is 2.58 bits per heavy atom. The molecule has 26 heavy (non-hydrogen) atoms. The van der Waals surface area contributed by atoms with Crippen LogP contribution in [0.2, 0.25) is 0 Å². The number of ether oxygens (including phenoxy) is 1. The number of rotatable bonds is 7. The van der Waals surface area contributed by atoms with E-state index in [1.54, 1.807) is 0 Å². The number of hydrogen-bond acceptors (Lipinski definition) is 4. The quantitative estimate of drug-likeness (QED) is 0.554. The van der Waals surface area contributed by atoms with Crippen molar-refractivity contribution in [3.63, 3.8) is 0 Å². The number of carboxylic acids is 1. The van der Waals surface area contributed by atoms with E-state index in [0.29, 0.717) is 22.0 Å². The molecule has 2 aromatic carbocycles. The molecule has 0 radical (unpaired) electrons. The normalized spacial score (nSPS) is 10.5. The van der Waals surface area contributed by atoms with Gasteiger partial charge in [0.15, 0.2) is 0 Å². The zero-order chi connectivity index (χ0) is 18.5. The number of benzene rings is 2. The molecule has 0 spiro atoms. The first-order chi connectivity index (χ1) is 12.6. The van der Waals surface area contributed by atoms with Crippen molar-refractivity contribution in [2.24, 2.45) is 0 Å². The predicted octanol–water partition coefficient (Wildman–Crippen LogP) is 5.59. The SMILES string of the molecule is C=CCc1ccccc1Oc1ccc(-c2nc(CC)c(C(=O)O)s2)cc1.